The van der Waals surface area contributed by atoms with Crippen LogP contribution < -0.4 is 5.32 Å². The number of amides is 1. The maximum absolute atomic E-state index is 12.5. The Hall–Kier alpha value is -0.460. The van der Waals surface area contributed by atoms with Gasteiger partial charge in [-0.2, -0.15) is 0 Å². The first kappa shape index (κ1) is 25.5. The van der Waals surface area contributed by atoms with Crippen molar-refractivity contribution in [2.45, 2.75) is 48.0 Å². The minimum atomic E-state index is -4.09. The van der Waals surface area contributed by atoms with Gasteiger partial charge in [0, 0.05) is 12.5 Å². The quantitative estimate of drug-likeness (QED) is 0.337. The molecular formula is C18H40N2O5P+. The van der Waals surface area contributed by atoms with Crippen LogP contribution in [-0.2, 0) is 18.4 Å². The Bertz CT molecular complexity index is 489. The van der Waals surface area contributed by atoms with Gasteiger partial charge in [0.25, 0.3) is 0 Å². The Kier molecular flexibility index (Phi) is 9.48. The maximum atomic E-state index is 12.5. The zero-order valence-corrected chi connectivity index (χ0v) is 19.0. The maximum Gasteiger partial charge on any atom is 0.472 e. The highest BCUT2D eigenvalue weighted by Gasteiger charge is 2.34. The summed E-state index contributed by atoms with van der Waals surface area (Å²) in [5.41, 5.74) is -0.134. The highest BCUT2D eigenvalue weighted by atomic mass is 31.2. The molecule has 1 amide bonds. The number of carbonyl (C=O) groups is 1. The van der Waals surface area contributed by atoms with Crippen molar-refractivity contribution in [1.82, 2.24) is 5.32 Å². The lowest BCUT2D eigenvalue weighted by atomic mass is 9.72. The van der Waals surface area contributed by atoms with Crippen LogP contribution in [0.2, 0.25) is 0 Å². The lowest BCUT2D eigenvalue weighted by Gasteiger charge is -2.34. The molecule has 0 rings (SSSR count). The second-order valence-corrected chi connectivity index (χ2v) is 11.6. The summed E-state index contributed by atoms with van der Waals surface area (Å²) in [6.07, 6.45) is 0.760. The fraction of sp³-hybridized carbons (Fsp3) is 0.944. The first-order valence-electron chi connectivity index (χ1n) is 9.13. The molecule has 0 aliphatic rings. The molecule has 0 heterocycles. The van der Waals surface area contributed by atoms with Gasteiger partial charge >= 0.3 is 7.82 Å². The van der Waals surface area contributed by atoms with Crippen molar-refractivity contribution in [3.8, 4) is 0 Å². The molecular weight excluding hydrogens is 355 g/mol. The van der Waals surface area contributed by atoms with Crippen LogP contribution in [0.25, 0.3) is 0 Å². The fourth-order valence-electron chi connectivity index (χ4n) is 2.33. The molecule has 2 atom stereocenters. The number of hydrogen-bond donors (Lipinski definition) is 2. The number of phosphoric ester groups is 1. The summed E-state index contributed by atoms with van der Waals surface area (Å²) in [5.74, 6) is -0.209. The van der Waals surface area contributed by atoms with Crippen LogP contribution in [0.5, 0.6) is 0 Å². The number of carbonyl (C=O) groups excluding carboxylic acids is 1. The minimum Gasteiger partial charge on any atom is -0.354 e. The number of nitrogens with one attached hydrogen (secondary N) is 1. The summed E-state index contributed by atoms with van der Waals surface area (Å²) >= 11 is 0. The topological polar surface area (TPSA) is 84.9 Å². The van der Waals surface area contributed by atoms with Gasteiger partial charge in [-0.3, -0.25) is 13.8 Å². The van der Waals surface area contributed by atoms with Gasteiger partial charge in [-0.25, -0.2) is 4.57 Å². The van der Waals surface area contributed by atoms with Crippen LogP contribution in [0.3, 0.4) is 0 Å². The first-order valence-corrected chi connectivity index (χ1v) is 10.6. The number of nitrogens with zero attached hydrogens (tertiary/aromatic N) is 1. The third kappa shape index (κ3) is 12.8. The van der Waals surface area contributed by atoms with Gasteiger partial charge in [0.05, 0.1) is 27.7 Å². The van der Waals surface area contributed by atoms with Crippen molar-refractivity contribution >= 4 is 13.7 Å². The van der Waals surface area contributed by atoms with E-state index in [4.69, 9.17) is 9.05 Å². The lowest BCUT2D eigenvalue weighted by Crippen LogP contribution is -2.41. The van der Waals surface area contributed by atoms with E-state index >= 15 is 0 Å². The molecule has 2 unspecified atom stereocenters. The molecule has 0 spiro atoms. The zero-order chi connectivity index (χ0) is 20.8. The van der Waals surface area contributed by atoms with E-state index in [1.54, 1.807) is 0 Å². The van der Waals surface area contributed by atoms with Gasteiger partial charge < -0.3 is 14.7 Å². The molecule has 0 aromatic carbocycles. The number of rotatable bonds is 10. The van der Waals surface area contributed by atoms with Crippen LogP contribution in [0.4, 0.5) is 0 Å². The van der Waals surface area contributed by atoms with Crippen molar-refractivity contribution in [2.24, 2.45) is 16.7 Å². The normalized spacial score (nSPS) is 16.8. The van der Waals surface area contributed by atoms with Gasteiger partial charge in [0.2, 0.25) is 5.91 Å². The zero-order valence-electron chi connectivity index (χ0n) is 18.1. The third-order valence-electron chi connectivity index (χ3n) is 3.85. The molecule has 0 aromatic heterocycles. The average molecular weight is 396 g/mol. The van der Waals surface area contributed by atoms with Gasteiger partial charge in [-0.05, 0) is 17.3 Å². The van der Waals surface area contributed by atoms with E-state index in [-0.39, 0.29) is 42.4 Å². The highest BCUT2D eigenvalue weighted by Crippen LogP contribution is 2.42. The van der Waals surface area contributed by atoms with Gasteiger partial charge in [0.15, 0.2) is 0 Å². The van der Waals surface area contributed by atoms with Crippen LogP contribution in [0.15, 0.2) is 0 Å². The molecule has 8 heteroatoms. The molecule has 0 fully saturated rings. The van der Waals surface area contributed by atoms with Crippen molar-refractivity contribution in [3.63, 3.8) is 0 Å². The molecule has 0 saturated carbocycles. The number of likely N-dealkylation sites (N-methyl/N-ethyl adjacent to an activating group) is 1. The second kappa shape index (κ2) is 9.65. The molecule has 0 radical (unpaired) electrons. The standard InChI is InChI=1S/C18H39N2O5P/c1-17(2,3)14-15(18(4,5)6)16(21)19-10-12-24-26(22,23)25-13-11-20(7,8)9/h15H,10-14H2,1-9H3,(H-,19,21,22,23)/p+1. The van der Waals surface area contributed by atoms with Crippen molar-refractivity contribution < 1.29 is 27.8 Å². The van der Waals surface area contributed by atoms with Crippen molar-refractivity contribution in [3.05, 3.63) is 0 Å². The number of phosphoric acid groups is 1. The van der Waals surface area contributed by atoms with E-state index in [0.29, 0.717) is 11.0 Å². The first-order chi connectivity index (χ1) is 11.4. The Morgan fingerprint density at radius 2 is 1.58 bits per heavy atom. The molecule has 26 heavy (non-hydrogen) atoms. The lowest BCUT2D eigenvalue weighted by molar-refractivity contribution is -0.870. The second-order valence-electron chi connectivity index (χ2n) is 10.1. The van der Waals surface area contributed by atoms with E-state index in [2.05, 4.69) is 26.1 Å². The Morgan fingerprint density at radius 1 is 1.08 bits per heavy atom. The molecule has 0 aliphatic carbocycles. The van der Waals surface area contributed by atoms with Crippen molar-refractivity contribution in [1.29, 1.82) is 0 Å². The summed E-state index contributed by atoms with van der Waals surface area (Å²) < 4.78 is 22.3. The largest absolute Gasteiger partial charge is 0.472 e. The summed E-state index contributed by atoms with van der Waals surface area (Å²) in [4.78, 5) is 22.2. The molecule has 156 valence electrons. The van der Waals surface area contributed by atoms with Crippen LogP contribution in [0, 0.1) is 16.7 Å². The predicted octanol–water partition coefficient (Wildman–Crippen LogP) is 3.04. The predicted molar refractivity (Wildman–Crippen MR) is 105 cm³/mol. The van der Waals surface area contributed by atoms with Crippen LogP contribution in [0.1, 0.15) is 48.0 Å². The summed E-state index contributed by atoms with van der Waals surface area (Å²) in [5, 5.41) is 2.81. The molecule has 7 nitrogen and oxygen atoms in total. The van der Waals surface area contributed by atoms with Gasteiger partial charge in [0.1, 0.15) is 13.2 Å². The van der Waals surface area contributed by atoms with Gasteiger partial charge in [-0.15, -0.1) is 0 Å². The Balaban J connectivity index is 4.39. The van der Waals surface area contributed by atoms with Gasteiger partial charge in [-0.1, -0.05) is 41.5 Å². The Labute approximate surface area is 159 Å². The van der Waals surface area contributed by atoms with E-state index in [0.717, 1.165) is 6.42 Å². The minimum absolute atomic E-state index is 0.0337. The number of quaternary nitrogens is 1. The molecule has 0 bridgehead atoms. The Morgan fingerprint density at radius 3 is 2.00 bits per heavy atom. The summed E-state index contributed by atoms with van der Waals surface area (Å²) in [7, 11) is 1.80. The highest BCUT2D eigenvalue weighted by molar-refractivity contribution is 7.47. The molecule has 0 aliphatic heterocycles. The van der Waals surface area contributed by atoms with Crippen LogP contribution >= 0.6 is 7.82 Å². The van der Waals surface area contributed by atoms with E-state index in [9.17, 15) is 14.3 Å². The van der Waals surface area contributed by atoms with E-state index in [1.807, 2.05) is 41.9 Å². The monoisotopic (exact) mass is 395 g/mol. The average Bonchev–Trinajstić information content (AvgIpc) is 2.36. The molecule has 0 saturated heterocycles. The fourth-order valence-corrected chi connectivity index (χ4v) is 3.04. The van der Waals surface area contributed by atoms with E-state index < -0.39 is 7.82 Å². The van der Waals surface area contributed by atoms with Crippen LogP contribution in [-0.4, -0.2) is 62.7 Å². The third-order valence-corrected chi connectivity index (χ3v) is 4.87. The number of hydrogen-bond acceptors (Lipinski definition) is 4. The summed E-state index contributed by atoms with van der Waals surface area (Å²) in [6.45, 7) is 13.3. The van der Waals surface area contributed by atoms with Crippen molar-refractivity contribution in [2.75, 3.05) is 47.4 Å². The molecule has 2 N–H and O–H groups in total. The molecule has 0 aromatic rings. The summed E-state index contributed by atoms with van der Waals surface area (Å²) in [6, 6.07) is 0. The van der Waals surface area contributed by atoms with E-state index in [1.165, 1.54) is 0 Å². The SMILES string of the molecule is CC(C)(C)CC(C(=O)NCCOP(=O)(O)OCC[N+](C)(C)C)C(C)(C)C. The smallest absolute Gasteiger partial charge is 0.354 e.